The molecule has 0 aliphatic rings. The zero-order chi connectivity index (χ0) is 7.61. The molecule has 0 atom stereocenters. The van der Waals surface area contributed by atoms with E-state index in [4.69, 9.17) is 0 Å². The highest BCUT2D eigenvalue weighted by atomic mass is 28.3. The lowest BCUT2D eigenvalue weighted by Crippen LogP contribution is -2.23. The van der Waals surface area contributed by atoms with Gasteiger partial charge in [0, 0.05) is 11.9 Å². The summed E-state index contributed by atoms with van der Waals surface area (Å²) in [7, 11) is -0.893. The van der Waals surface area contributed by atoms with Gasteiger partial charge in [-0.2, -0.15) is 0 Å². The zero-order valence-corrected chi connectivity index (χ0v) is 7.94. The minimum Gasteiger partial charge on any atom is -0.365 e. The van der Waals surface area contributed by atoms with Gasteiger partial charge in [0.15, 0.2) is 0 Å². The summed E-state index contributed by atoms with van der Waals surface area (Å²) in [4.78, 5) is 3.23. The van der Waals surface area contributed by atoms with Crippen molar-refractivity contribution >= 4 is 8.07 Å². The van der Waals surface area contributed by atoms with Gasteiger partial charge < -0.3 is 4.98 Å². The molecule has 10 heavy (non-hydrogen) atoms. The molecular weight excluding hydrogens is 138 g/mol. The van der Waals surface area contributed by atoms with Crippen molar-refractivity contribution in [3.05, 3.63) is 24.0 Å². The minimum absolute atomic E-state index is 0.893. The number of hydrogen-bond donors (Lipinski definition) is 1. The van der Waals surface area contributed by atoms with Crippen LogP contribution in [0, 0.1) is 0 Å². The Balaban J connectivity index is 2.57. The van der Waals surface area contributed by atoms with Crippen molar-refractivity contribution < 1.29 is 0 Å². The molecule has 56 valence electrons. The lowest BCUT2D eigenvalue weighted by molar-refractivity contribution is 1.18. The van der Waals surface area contributed by atoms with Crippen LogP contribution >= 0.6 is 0 Å². The first-order chi connectivity index (χ1) is 4.58. The average Bonchev–Trinajstić information content (AvgIpc) is 2.12. The van der Waals surface area contributed by atoms with Crippen LogP contribution in [0.25, 0.3) is 0 Å². The monoisotopic (exact) mass is 153 g/mol. The molecule has 0 aliphatic heterocycles. The van der Waals surface area contributed by atoms with Crippen LogP contribution in [0.5, 0.6) is 0 Å². The summed E-state index contributed by atoms with van der Waals surface area (Å²) in [6, 6.07) is 5.49. The van der Waals surface area contributed by atoms with Gasteiger partial charge in [0.1, 0.15) is 0 Å². The molecule has 0 radical (unpaired) electrons. The highest BCUT2D eigenvalue weighted by Crippen LogP contribution is 2.08. The maximum absolute atomic E-state index is 3.23. The van der Waals surface area contributed by atoms with E-state index in [1.807, 2.05) is 6.20 Å². The number of rotatable bonds is 2. The third kappa shape index (κ3) is 2.39. The van der Waals surface area contributed by atoms with Gasteiger partial charge in [0.2, 0.25) is 0 Å². The third-order valence-electron chi connectivity index (χ3n) is 1.38. The standard InChI is InChI=1S/C8H15NSi/c1-10(2,3)7-8-5-4-6-9-8/h4-6,9H,7H2,1-3H3. The molecule has 1 N–H and O–H groups in total. The van der Waals surface area contributed by atoms with Crippen LogP contribution in [-0.4, -0.2) is 13.1 Å². The molecule has 0 amide bonds. The average molecular weight is 153 g/mol. The van der Waals surface area contributed by atoms with E-state index in [1.54, 1.807) is 0 Å². The summed E-state index contributed by atoms with van der Waals surface area (Å²) in [5.74, 6) is 0. The van der Waals surface area contributed by atoms with Crippen molar-refractivity contribution in [2.75, 3.05) is 0 Å². The van der Waals surface area contributed by atoms with Crippen molar-refractivity contribution in [1.29, 1.82) is 0 Å². The van der Waals surface area contributed by atoms with Crippen molar-refractivity contribution in [3.8, 4) is 0 Å². The van der Waals surface area contributed by atoms with Crippen LogP contribution in [0.3, 0.4) is 0 Å². The molecule has 1 nitrogen and oxygen atoms in total. The Morgan fingerprint density at radius 2 is 2.10 bits per heavy atom. The molecule has 1 rings (SSSR count). The van der Waals surface area contributed by atoms with E-state index >= 15 is 0 Å². The molecule has 0 aliphatic carbocycles. The Morgan fingerprint density at radius 1 is 1.40 bits per heavy atom. The second-order valence-electron chi connectivity index (χ2n) is 3.93. The van der Waals surface area contributed by atoms with Crippen molar-refractivity contribution in [2.24, 2.45) is 0 Å². The summed E-state index contributed by atoms with van der Waals surface area (Å²) < 4.78 is 0. The molecule has 0 spiro atoms. The van der Waals surface area contributed by atoms with Gasteiger partial charge in [-0.3, -0.25) is 0 Å². The second-order valence-corrected chi connectivity index (χ2v) is 9.41. The van der Waals surface area contributed by atoms with Crippen LogP contribution in [-0.2, 0) is 6.04 Å². The fourth-order valence-electron chi connectivity index (χ4n) is 1.05. The molecule has 0 bridgehead atoms. The van der Waals surface area contributed by atoms with Crippen LogP contribution in [0.1, 0.15) is 5.69 Å². The number of aromatic amines is 1. The first-order valence-electron chi connectivity index (χ1n) is 3.70. The maximum atomic E-state index is 3.23. The van der Waals surface area contributed by atoms with Crippen LogP contribution in [0.15, 0.2) is 18.3 Å². The summed E-state index contributed by atoms with van der Waals surface area (Å²) in [5.41, 5.74) is 1.39. The molecular formula is C8H15NSi. The Hall–Kier alpha value is -0.503. The number of H-pyrrole nitrogens is 1. The zero-order valence-electron chi connectivity index (χ0n) is 6.94. The van der Waals surface area contributed by atoms with Crippen molar-refractivity contribution in [2.45, 2.75) is 25.7 Å². The first-order valence-corrected chi connectivity index (χ1v) is 7.41. The summed E-state index contributed by atoms with van der Waals surface area (Å²) >= 11 is 0. The van der Waals surface area contributed by atoms with Crippen LogP contribution in [0.2, 0.25) is 19.6 Å². The SMILES string of the molecule is C[Si](C)(C)Cc1ccc[nH]1. The van der Waals surface area contributed by atoms with E-state index in [1.165, 1.54) is 11.7 Å². The molecule has 2 heteroatoms. The molecule has 1 aromatic rings. The summed E-state index contributed by atoms with van der Waals surface area (Å²) in [5, 5.41) is 0. The van der Waals surface area contributed by atoms with E-state index in [0.717, 1.165) is 0 Å². The highest BCUT2D eigenvalue weighted by Gasteiger charge is 2.13. The Bertz CT molecular complexity index is 184. The highest BCUT2D eigenvalue weighted by molar-refractivity contribution is 6.75. The maximum Gasteiger partial charge on any atom is 0.0505 e. The Kier molecular flexibility index (Phi) is 1.99. The molecule has 0 saturated heterocycles. The van der Waals surface area contributed by atoms with Gasteiger partial charge >= 0.3 is 0 Å². The fraction of sp³-hybridized carbons (Fsp3) is 0.500. The molecule has 1 heterocycles. The fourth-order valence-corrected chi connectivity index (χ4v) is 2.41. The van der Waals surface area contributed by atoms with E-state index in [2.05, 4.69) is 36.8 Å². The summed E-state index contributed by atoms with van der Waals surface area (Å²) in [6.07, 6.45) is 2.00. The molecule has 0 unspecified atom stereocenters. The Morgan fingerprint density at radius 3 is 2.50 bits per heavy atom. The molecule has 0 fully saturated rings. The van der Waals surface area contributed by atoms with Gasteiger partial charge in [0.05, 0.1) is 8.07 Å². The van der Waals surface area contributed by atoms with Crippen LogP contribution < -0.4 is 0 Å². The normalized spacial score (nSPS) is 11.9. The molecule has 0 aromatic carbocycles. The predicted octanol–water partition coefficient (Wildman–Crippen LogP) is 2.43. The van der Waals surface area contributed by atoms with Gasteiger partial charge in [-0.05, 0) is 18.2 Å². The van der Waals surface area contributed by atoms with E-state index in [0.29, 0.717) is 0 Å². The second kappa shape index (κ2) is 2.62. The van der Waals surface area contributed by atoms with Gasteiger partial charge in [-0.25, -0.2) is 0 Å². The minimum atomic E-state index is -0.893. The third-order valence-corrected chi connectivity index (χ3v) is 2.82. The van der Waals surface area contributed by atoms with Crippen molar-refractivity contribution in [3.63, 3.8) is 0 Å². The number of nitrogens with one attached hydrogen (secondary N) is 1. The quantitative estimate of drug-likeness (QED) is 0.628. The lowest BCUT2D eigenvalue weighted by atomic mass is 10.5. The predicted molar refractivity (Wildman–Crippen MR) is 47.8 cm³/mol. The molecule has 1 aromatic heterocycles. The largest absolute Gasteiger partial charge is 0.365 e. The first kappa shape index (κ1) is 7.60. The Labute approximate surface area is 63.5 Å². The smallest absolute Gasteiger partial charge is 0.0505 e. The lowest BCUT2D eigenvalue weighted by Gasteiger charge is -2.13. The number of aromatic nitrogens is 1. The van der Waals surface area contributed by atoms with E-state index in [9.17, 15) is 0 Å². The van der Waals surface area contributed by atoms with Crippen molar-refractivity contribution in [1.82, 2.24) is 4.98 Å². The van der Waals surface area contributed by atoms with Gasteiger partial charge in [0.25, 0.3) is 0 Å². The molecule has 0 saturated carbocycles. The van der Waals surface area contributed by atoms with E-state index in [-0.39, 0.29) is 0 Å². The van der Waals surface area contributed by atoms with E-state index < -0.39 is 8.07 Å². The van der Waals surface area contributed by atoms with Crippen LogP contribution in [0.4, 0.5) is 0 Å². The summed E-state index contributed by atoms with van der Waals surface area (Å²) in [6.45, 7) is 7.15. The van der Waals surface area contributed by atoms with Gasteiger partial charge in [-0.15, -0.1) is 0 Å². The number of hydrogen-bond acceptors (Lipinski definition) is 0. The topological polar surface area (TPSA) is 15.8 Å². The van der Waals surface area contributed by atoms with Gasteiger partial charge in [-0.1, -0.05) is 19.6 Å².